The minimum Gasteiger partial charge on any atom is -0.319 e. The van der Waals surface area contributed by atoms with Gasteiger partial charge in [-0.05, 0) is 52.9 Å². The summed E-state index contributed by atoms with van der Waals surface area (Å²) in [5.41, 5.74) is 1.32. The maximum Gasteiger partial charge on any atom is 0.268 e. The first kappa shape index (κ1) is 18.6. The number of benzene rings is 1. The first-order valence-corrected chi connectivity index (χ1v) is 10.4. The number of rotatable bonds is 4. The number of fused-ring (bicyclic) bond motifs is 1. The molecule has 1 aromatic carbocycles. The zero-order valence-electron chi connectivity index (χ0n) is 15.8. The summed E-state index contributed by atoms with van der Waals surface area (Å²) >= 11 is 1.23. The second-order valence-corrected chi connectivity index (χ2v) is 7.86. The molecule has 5 rings (SSSR count). The van der Waals surface area contributed by atoms with E-state index in [-0.39, 0.29) is 5.69 Å². The van der Waals surface area contributed by atoms with Crippen LogP contribution >= 0.6 is 11.3 Å². The molecule has 1 aliphatic heterocycles. The Kier molecular flexibility index (Phi) is 4.79. The quantitative estimate of drug-likeness (QED) is 0.540. The Hall–Kier alpha value is -3.47. The summed E-state index contributed by atoms with van der Waals surface area (Å²) in [6.45, 7) is 0.835. The fourth-order valence-electron chi connectivity index (χ4n) is 3.56. The summed E-state index contributed by atoms with van der Waals surface area (Å²) in [6.07, 6.45) is 5.58. The van der Waals surface area contributed by atoms with E-state index in [0.29, 0.717) is 22.0 Å². The summed E-state index contributed by atoms with van der Waals surface area (Å²) in [5, 5.41) is 24.0. The normalized spacial score (nSPS) is 13.6. The summed E-state index contributed by atoms with van der Waals surface area (Å²) in [5.74, 6) is 0.671. The van der Waals surface area contributed by atoms with Gasteiger partial charge in [0, 0.05) is 18.5 Å². The Bertz CT molecular complexity index is 1200. The number of tetrazole rings is 1. The molecule has 1 N–H and O–H groups in total. The molecule has 0 saturated carbocycles. The number of nitrogens with zero attached hydrogens (tertiary/aromatic N) is 7. The molecule has 3 aromatic heterocycles. The molecule has 1 aliphatic rings. The molecule has 11 heteroatoms. The van der Waals surface area contributed by atoms with E-state index in [2.05, 4.69) is 35.6 Å². The molecule has 4 aromatic rings. The number of carbonyl (C=O) groups is 1. The lowest BCUT2D eigenvalue weighted by molar-refractivity contribution is 0.103. The summed E-state index contributed by atoms with van der Waals surface area (Å²) in [7, 11) is 0. The molecule has 0 bridgehead atoms. The molecular weight excluding hydrogens is 407 g/mol. The topological polar surface area (TPSA) is 103 Å². The van der Waals surface area contributed by atoms with Gasteiger partial charge in [-0.15, -0.1) is 26.6 Å². The van der Waals surface area contributed by atoms with Crippen molar-refractivity contribution in [2.24, 2.45) is 0 Å². The maximum atomic E-state index is 14.5. The Labute approximate surface area is 174 Å². The first-order valence-electron chi connectivity index (χ1n) is 9.55. The molecule has 0 spiro atoms. The molecule has 1 amide bonds. The predicted molar refractivity (Wildman–Crippen MR) is 108 cm³/mol. The van der Waals surface area contributed by atoms with Crippen LogP contribution < -0.4 is 5.32 Å². The van der Waals surface area contributed by atoms with Crippen molar-refractivity contribution in [3.8, 4) is 17.1 Å². The molecule has 0 aliphatic carbocycles. The average Bonchev–Trinajstić information content (AvgIpc) is 3.48. The molecule has 152 valence electrons. The number of carbonyl (C=O) groups excluding carboxylic acids is 1. The van der Waals surface area contributed by atoms with Crippen LogP contribution in [0.1, 0.15) is 34.8 Å². The monoisotopic (exact) mass is 424 g/mol. The van der Waals surface area contributed by atoms with Crippen LogP contribution in [0, 0.1) is 5.82 Å². The lowest BCUT2D eigenvalue weighted by Crippen LogP contribution is -2.14. The lowest BCUT2D eigenvalue weighted by atomic mass is 10.1. The minimum absolute atomic E-state index is 0.0829. The highest BCUT2D eigenvalue weighted by molar-refractivity contribution is 7.12. The van der Waals surface area contributed by atoms with Crippen molar-refractivity contribution in [1.29, 1.82) is 0 Å². The predicted octanol–water partition coefficient (Wildman–Crippen LogP) is 3.10. The van der Waals surface area contributed by atoms with Crippen LogP contribution in [0.4, 0.5) is 10.1 Å². The number of hydrogen-bond donors (Lipinski definition) is 1. The highest BCUT2D eigenvalue weighted by atomic mass is 32.1. The smallest absolute Gasteiger partial charge is 0.268 e. The molecule has 9 nitrogen and oxygen atoms in total. The average molecular weight is 424 g/mol. The Balaban J connectivity index is 1.45. The number of amides is 1. The second-order valence-electron chi connectivity index (χ2n) is 6.94. The Morgan fingerprint density at radius 1 is 1.17 bits per heavy atom. The minimum atomic E-state index is -0.525. The number of thiophene rings is 1. The fraction of sp³-hybridized carbons (Fsp3) is 0.263. The van der Waals surface area contributed by atoms with Gasteiger partial charge in [0.1, 0.15) is 22.8 Å². The molecular formula is C19H17FN8OS. The van der Waals surface area contributed by atoms with E-state index >= 15 is 0 Å². The number of nitrogens with one attached hydrogen (secondary N) is 1. The Morgan fingerprint density at radius 3 is 2.97 bits per heavy atom. The van der Waals surface area contributed by atoms with E-state index in [4.69, 9.17) is 0 Å². The van der Waals surface area contributed by atoms with Crippen LogP contribution in [0.25, 0.3) is 17.1 Å². The molecule has 0 fully saturated rings. The second kappa shape index (κ2) is 7.75. The summed E-state index contributed by atoms with van der Waals surface area (Å²) < 4.78 is 18.0. The first-order chi connectivity index (χ1) is 14.7. The van der Waals surface area contributed by atoms with Gasteiger partial charge in [-0.3, -0.25) is 4.79 Å². The third-order valence-corrected chi connectivity index (χ3v) is 5.93. The van der Waals surface area contributed by atoms with E-state index in [1.165, 1.54) is 28.4 Å². The van der Waals surface area contributed by atoms with Crippen molar-refractivity contribution in [1.82, 2.24) is 35.0 Å². The highest BCUT2D eigenvalue weighted by Gasteiger charge is 2.20. The van der Waals surface area contributed by atoms with E-state index in [1.54, 1.807) is 23.6 Å². The standard InChI is InChI=1S/C19H17FN8OS/c20-13-6-5-12(18-24-23-16-4-2-1-3-8-27(16)18)10-14(13)22-19(29)17-15(7-9-30-17)28-11-21-25-26-28/h5-7,9-11H,1-4,8H2,(H,22,29). The summed E-state index contributed by atoms with van der Waals surface area (Å²) in [4.78, 5) is 13.2. The van der Waals surface area contributed by atoms with Crippen molar-refractivity contribution in [2.45, 2.75) is 32.2 Å². The van der Waals surface area contributed by atoms with Gasteiger partial charge in [0.15, 0.2) is 5.82 Å². The lowest BCUT2D eigenvalue weighted by Gasteiger charge is -2.10. The van der Waals surface area contributed by atoms with Crippen molar-refractivity contribution >= 4 is 22.9 Å². The van der Waals surface area contributed by atoms with Crippen LogP contribution in [0.2, 0.25) is 0 Å². The third kappa shape index (κ3) is 3.36. The molecule has 0 radical (unpaired) electrons. The van der Waals surface area contributed by atoms with Crippen LogP contribution in [0.5, 0.6) is 0 Å². The van der Waals surface area contributed by atoms with Crippen LogP contribution in [-0.2, 0) is 13.0 Å². The van der Waals surface area contributed by atoms with E-state index in [9.17, 15) is 9.18 Å². The number of anilines is 1. The largest absolute Gasteiger partial charge is 0.319 e. The fourth-order valence-corrected chi connectivity index (χ4v) is 4.34. The van der Waals surface area contributed by atoms with Gasteiger partial charge >= 0.3 is 0 Å². The number of halogens is 1. The van der Waals surface area contributed by atoms with E-state index in [1.807, 2.05) is 0 Å². The van der Waals surface area contributed by atoms with Gasteiger partial charge in [0.05, 0.1) is 11.4 Å². The number of hydrogen-bond acceptors (Lipinski definition) is 7. The maximum absolute atomic E-state index is 14.5. The zero-order valence-corrected chi connectivity index (χ0v) is 16.6. The third-order valence-electron chi connectivity index (χ3n) is 5.03. The van der Waals surface area contributed by atoms with E-state index < -0.39 is 11.7 Å². The zero-order chi connectivity index (χ0) is 20.5. The van der Waals surface area contributed by atoms with Crippen LogP contribution in [-0.4, -0.2) is 40.9 Å². The Morgan fingerprint density at radius 2 is 2.10 bits per heavy atom. The SMILES string of the molecule is O=C(Nc1cc(-c2nnc3n2CCCCC3)ccc1F)c1sccc1-n1cnnn1. The van der Waals surface area contributed by atoms with Crippen molar-refractivity contribution in [3.63, 3.8) is 0 Å². The van der Waals surface area contributed by atoms with Crippen molar-refractivity contribution in [2.75, 3.05) is 5.32 Å². The highest BCUT2D eigenvalue weighted by Crippen LogP contribution is 2.28. The number of aryl methyl sites for hydroxylation is 1. The molecule has 0 atom stereocenters. The van der Waals surface area contributed by atoms with Gasteiger partial charge in [0.25, 0.3) is 5.91 Å². The van der Waals surface area contributed by atoms with E-state index in [0.717, 1.165) is 38.1 Å². The van der Waals surface area contributed by atoms with Gasteiger partial charge in [-0.25, -0.2) is 4.39 Å². The molecule has 0 unspecified atom stereocenters. The van der Waals surface area contributed by atoms with Gasteiger partial charge in [0.2, 0.25) is 0 Å². The molecule has 4 heterocycles. The van der Waals surface area contributed by atoms with Crippen LogP contribution in [0.3, 0.4) is 0 Å². The van der Waals surface area contributed by atoms with Crippen molar-refractivity contribution < 1.29 is 9.18 Å². The van der Waals surface area contributed by atoms with Gasteiger partial charge in [-0.1, -0.05) is 6.42 Å². The summed E-state index contributed by atoms with van der Waals surface area (Å²) in [6, 6.07) is 6.32. The molecule has 0 saturated heterocycles. The van der Waals surface area contributed by atoms with Gasteiger partial charge < -0.3 is 9.88 Å². The van der Waals surface area contributed by atoms with Crippen LogP contribution in [0.15, 0.2) is 36.0 Å². The number of aromatic nitrogens is 7. The molecule has 30 heavy (non-hydrogen) atoms. The van der Waals surface area contributed by atoms with Crippen molar-refractivity contribution in [3.05, 3.63) is 52.5 Å². The van der Waals surface area contributed by atoms with Gasteiger partial charge in [-0.2, -0.15) is 4.68 Å².